The molecule has 0 bridgehead atoms. The molecule has 0 saturated carbocycles. The van der Waals surface area contributed by atoms with Gasteiger partial charge in [-0.1, -0.05) is 34.5 Å². The number of nitrogens with zero attached hydrogens (tertiary/aromatic N) is 2. The van der Waals surface area contributed by atoms with E-state index in [1.54, 1.807) is 31.4 Å². The van der Waals surface area contributed by atoms with Crippen LogP contribution in [0.4, 0.5) is 5.13 Å². The number of benzene rings is 1. The van der Waals surface area contributed by atoms with Crippen LogP contribution in [0, 0.1) is 0 Å². The van der Waals surface area contributed by atoms with Gasteiger partial charge in [0.1, 0.15) is 10.3 Å². The molecule has 2 aromatic heterocycles. The van der Waals surface area contributed by atoms with Crippen molar-refractivity contribution in [3.63, 3.8) is 0 Å². The van der Waals surface area contributed by atoms with Gasteiger partial charge >= 0.3 is 0 Å². The normalized spacial score (nSPS) is 10.7. The number of ether oxygens (including phenoxy) is 1. The minimum atomic E-state index is -0.354. The lowest BCUT2D eigenvalue weighted by atomic mass is 10.2. The van der Waals surface area contributed by atoms with E-state index >= 15 is 0 Å². The van der Waals surface area contributed by atoms with Gasteiger partial charge in [-0.25, -0.2) is 9.97 Å². The first-order valence-corrected chi connectivity index (χ1v) is 7.72. The van der Waals surface area contributed by atoms with Gasteiger partial charge in [0.15, 0.2) is 5.13 Å². The molecule has 0 saturated heterocycles. The molecule has 3 rings (SSSR count). The van der Waals surface area contributed by atoms with Crippen molar-refractivity contribution >= 4 is 55.9 Å². The highest BCUT2D eigenvalue weighted by Crippen LogP contribution is 2.27. The molecule has 0 aliphatic rings. The van der Waals surface area contributed by atoms with E-state index in [0.29, 0.717) is 31.9 Å². The van der Waals surface area contributed by atoms with Crippen molar-refractivity contribution in [3.8, 4) is 5.88 Å². The van der Waals surface area contributed by atoms with E-state index in [9.17, 15) is 4.79 Å². The minimum Gasteiger partial charge on any atom is -0.481 e. The van der Waals surface area contributed by atoms with Gasteiger partial charge in [-0.3, -0.25) is 10.1 Å². The Labute approximate surface area is 139 Å². The Bertz CT molecular complexity index is 866. The van der Waals surface area contributed by atoms with Crippen molar-refractivity contribution in [3.05, 3.63) is 45.9 Å². The van der Waals surface area contributed by atoms with Crippen LogP contribution < -0.4 is 10.1 Å². The number of halogens is 2. The molecule has 22 heavy (non-hydrogen) atoms. The predicted molar refractivity (Wildman–Crippen MR) is 88.4 cm³/mol. The summed E-state index contributed by atoms with van der Waals surface area (Å²) in [6.45, 7) is 0. The highest BCUT2D eigenvalue weighted by Gasteiger charge is 2.14. The molecule has 5 nitrogen and oxygen atoms in total. The summed E-state index contributed by atoms with van der Waals surface area (Å²) in [4.78, 5) is 21.5. The van der Waals surface area contributed by atoms with Crippen molar-refractivity contribution in [1.82, 2.24) is 9.97 Å². The molecule has 0 unspecified atom stereocenters. The second kappa shape index (κ2) is 6.08. The van der Waals surface area contributed by atoms with E-state index in [1.165, 1.54) is 17.4 Å². The predicted octanol–water partition coefficient (Wildman–Crippen LogP) is 4.26. The molecule has 112 valence electrons. The van der Waals surface area contributed by atoms with Crippen molar-refractivity contribution < 1.29 is 9.53 Å². The minimum absolute atomic E-state index is 0.283. The van der Waals surface area contributed by atoms with Crippen molar-refractivity contribution in [2.75, 3.05) is 12.4 Å². The van der Waals surface area contributed by atoms with Gasteiger partial charge in [-0.05, 0) is 24.3 Å². The number of aromatic nitrogens is 2. The molecular formula is C14H9Cl2N3O2S. The van der Waals surface area contributed by atoms with Crippen molar-refractivity contribution in [2.45, 2.75) is 0 Å². The Morgan fingerprint density at radius 2 is 2.05 bits per heavy atom. The van der Waals surface area contributed by atoms with Crippen molar-refractivity contribution in [1.29, 1.82) is 0 Å². The topological polar surface area (TPSA) is 64.1 Å². The monoisotopic (exact) mass is 353 g/mol. The molecule has 1 amide bonds. The Kier molecular flexibility index (Phi) is 4.15. The molecule has 0 aliphatic carbocycles. The van der Waals surface area contributed by atoms with E-state index in [-0.39, 0.29) is 10.9 Å². The molecule has 0 atom stereocenters. The average molecular weight is 354 g/mol. The van der Waals surface area contributed by atoms with Gasteiger partial charge in [-0.2, -0.15) is 0 Å². The molecule has 1 aromatic carbocycles. The van der Waals surface area contributed by atoms with Gasteiger partial charge < -0.3 is 4.74 Å². The number of hydrogen-bond donors (Lipinski definition) is 1. The van der Waals surface area contributed by atoms with E-state index in [0.717, 1.165) is 0 Å². The lowest BCUT2D eigenvalue weighted by molar-refractivity contribution is 0.102. The second-order valence-corrected chi connectivity index (χ2v) is 6.10. The molecule has 2 heterocycles. The molecule has 0 radical (unpaired) electrons. The molecule has 0 fully saturated rings. The summed E-state index contributed by atoms with van der Waals surface area (Å²) in [5.74, 6) is 0.141. The fourth-order valence-electron chi connectivity index (χ4n) is 1.81. The van der Waals surface area contributed by atoms with Gasteiger partial charge in [-0.15, -0.1) is 0 Å². The van der Waals surface area contributed by atoms with Gasteiger partial charge in [0.25, 0.3) is 5.91 Å². The van der Waals surface area contributed by atoms with Crippen LogP contribution in [-0.2, 0) is 0 Å². The van der Waals surface area contributed by atoms with E-state index in [2.05, 4.69) is 15.3 Å². The Hall–Kier alpha value is -1.89. The number of fused-ring (bicyclic) bond motifs is 1. The maximum absolute atomic E-state index is 12.2. The first kappa shape index (κ1) is 15.0. The fourth-order valence-corrected chi connectivity index (χ4v) is 3.12. The number of amides is 1. The summed E-state index contributed by atoms with van der Waals surface area (Å²) in [6, 6.07) is 8.18. The van der Waals surface area contributed by atoms with E-state index in [1.807, 2.05) is 0 Å². The second-order valence-electron chi connectivity index (χ2n) is 4.28. The summed E-state index contributed by atoms with van der Waals surface area (Å²) in [7, 11) is 1.54. The van der Waals surface area contributed by atoms with Crippen LogP contribution in [0.5, 0.6) is 5.88 Å². The van der Waals surface area contributed by atoms with Gasteiger partial charge in [0.05, 0.1) is 17.7 Å². The smallest absolute Gasteiger partial charge is 0.258 e. The number of hydrogen-bond acceptors (Lipinski definition) is 5. The van der Waals surface area contributed by atoms with Crippen LogP contribution in [0.3, 0.4) is 0 Å². The largest absolute Gasteiger partial charge is 0.481 e. The van der Waals surface area contributed by atoms with E-state index < -0.39 is 0 Å². The van der Waals surface area contributed by atoms with Crippen LogP contribution in [0.1, 0.15) is 10.4 Å². The third-order valence-electron chi connectivity index (χ3n) is 2.84. The van der Waals surface area contributed by atoms with Crippen LogP contribution >= 0.6 is 34.5 Å². The van der Waals surface area contributed by atoms with Crippen molar-refractivity contribution in [2.24, 2.45) is 0 Å². The molecular weight excluding hydrogens is 345 g/mol. The standard InChI is InChI=1S/C14H9Cl2N3O2S/c1-21-11-5-4-10-13(18-11)22-14(17-10)19-12(20)8-3-2-7(15)6-9(8)16/h2-6H,1H3,(H,17,19,20). The molecule has 3 aromatic rings. The summed E-state index contributed by atoms with van der Waals surface area (Å²) >= 11 is 13.1. The third kappa shape index (κ3) is 2.99. The molecule has 8 heteroatoms. The summed E-state index contributed by atoms with van der Waals surface area (Å²) in [6.07, 6.45) is 0. The number of nitrogens with one attached hydrogen (secondary N) is 1. The Balaban J connectivity index is 1.87. The third-order valence-corrected chi connectivity index (χ3v) is 4.26. The Morgan fingerprint density at radius 3 is 2.77 bits per heavy atom. The van der Waals surface area contributed by atoms with Crippen LogP contribution in [0.2, 0.25) is 10.0 Å². The zero-order chi connectivity index (χ0) is 15.7. The number of carbonyl (C=O) groups is 1. The maximum Gasteiger partial charge on any atom is 0.258 e. The molecule has 1 N–H and O–H groups in total. The average Bonchev–Trinajstić information content (AvgIpc) is 2.87. The number of rotatable bonds is 3. The zero-order valence-electron chi connectivity index (χ0n) is 11.3. The lowest BCUT2D eigenvalue weighted by Gasteiger charge is -2.03. The summed E-state index contributed by atoms with van der Waals surface area (Å²) in [5.41, 5.74) is 1.01. The van der Waals surface area contributed by atoms with Crippen LogP contribution in [0.25, 0.3) is 10.3 Å². The van der Waals surface area contributed by atoms with Gasteiger partial charge in [0, 0.05) is 11.1 Å². The summed E-state index contributed by atoms with van der Waals surface area (Å²) < 4.78 is 5.06. The zero-order valence-corrected chi connectivity index (χ0v) is 13.6. The highest BCUT2D eigenvalue weighted by atomic mass is 35.5. The first-order chi connectivity index (χ1) is 10.6. The number of thiazole rings is 1. The van der Waals surface area contributed by atoms with E-state index in [4.69, 9.17) is 27.9 Å². The fraction of sp³-hybridized carbons (Fsp3) is 0.0714. The van der Waals surface area contributed by atoms with Crippen LogP contribution in [-0.4, -0.2) is 23.0 Å². The van der Waals surface area contributed by atoms with Crippen LogP contribution in [0.15, 0.2) is 30.3 Å². The Morgan fingerprint density at radius 1 is 1.23 bits per heavy atom. The SMILES string of the molecule is COc1ccc2nc(NC(=O)c3ccc(Cl)cc3Cl)sc2n1. The number of anilines is 1. The summed E-state index contributed by atoms with van der Waals surface area (Å²) in [5, 5.41) is 3.90. The molecule has 0 aliphatic heterocycles. The van der Waals surface area contributed by atoms with Gasteiger partial charge in [0.2, 0.25) is 5.88 Å². The maximum atomic E-state index is 12.2. The lowest BCUT2D eigenvalue weighted by Crippen LogP contribution is -2.12. The number of carbonyl (C=O) groups excluding carboxylic acids is 1. The molecule has 0 spiro atoms. The number of methoxy groups -OCH3 is 1. The first-order valence-electron chi connectivity index (χ1n) is 6.15. The quantitative estimate of drug-likeness (QED) is 0.763. The highest BCUT2D eigenvalue weighted by molar-refractivity contribution is 7.22. The number of pyridine rings is 1.